The fourth-order valence-electron chi connectivity index (χ4n) is 3.71. The van der Waals surface area contributed by atoms with Crippen molar-refractivity contribution < 1.29 is 9.53 Å². The van der Waals surface area contributed by atoms with Crippen LogP contribution in [-0.2, 0) is 16.1 Å². The second-order valence-electron chi connectivity index (χ2n) is 7.25. The zero-order valence-electron chi connectivity index (χ0n) is 16.8. The molecule has 2 heterocycles. The van der Waals surface area contributed by atoms with Crippen molar-refractivity contribution >= 4 is 17.6 Å². The van der Waals surface area contributed by atoms with Gasteiger partial charge in [-0.05, 0) is 29.8 Å². The largest absolute Gasteiger partial charge is 0.468 e. The van der Waals surface area contributed by atoms with Gasteiger partial charge in [0.2, 0.25) is 0 Å². The average Bonchev–Trinajstić information content (AvgIpc) is 3.25. The average molecular weight is 426 g/mol. The summed E-state index contributed by atoms with van der Waals surface area (Å²) in [6.45, 7) is 3.91. The summed E-state index contributed by atoms with van der Waals surface area (Å²) in [6, 6.07) is 16.8. The van der Waals surface area contributed by atoms with Crippen LogP contribution < -0.4 is 0 Å². The third-order valence-electron chi connectivity index (χ3n) is 5.29. The second-order valence-corrected chi connectivity index (χ2v) is 7.69. The first kappa shape index (κ1) is 20.5. The smallest absolute Gasteiger partial charge is 0.327 e. The summed E-state index contributed by atoms with van der Waals surface area (Å²) in [6.07, 6.45) is 1.81. The van der Waals surface area contributed by atoms with E-state index in [2.05, 4.69) is 20.0 Å². The first-order chi connectivity index (χ1) is 14.6. The van der Waals surface area contributed by atoms with Crippen molar-refractivity contribution in [2.24, 2.45) is 0 Å². The van der Waals surface area contributed by atoms with Gasteiger partial charge in [-0.2, -0.15) is 15.0 Å². The summed E-state index contributed by atoms with van der Waals surface area (Å²) >= 11 is 6.00. The summed E-state index contributed by atoms with van der Waals surface area (Å²) in [5.41, 5.74) is 2.76. The van der Waals surface area contributed by atoms with Gasteiger partial charge in [-0.1, -0.05) is 41.9 Å². The molecular formula is C22H24ClN5O2. The first-order valence-electron chi connectivity index (χ1n) is 9.90. The van der Waals surface area contributed by atoms with Crippen LogP contribution in [0.3, 0.4) is 0 Å². The van der Waals surface area contributed by atoms with Crippen molar-refractivity contribution in [1.29, 1.82) is 0 Å². The van der Waals surface area contributed by atoms with Crippen LogP contribution in [-0.4, -0.2) is 64.1 Å². The Bertz CT molecular complexity index is 969. The van der Waals surface area contributed by atoms with Crippen molar-refractivity contribution in [3.8, 4) is 5.69 Å². The monoisotopic (exact) mass is 425 g/mol. The molecule has 0 aliphatic carbocycles. The summed E-state index contributed by atoms with van der Waals surface area (Å²) in [4.78, 5) is 18.6. The number of nitrogens with zero attached hydrogens (tertiary/aromatic N) is 5. The van der Waals surface area contributed by atoms with E-state index in [-0.39, 0.29) is 5.97 Å². The van der Waals surface area contributed by atoms with Crippen LogP contribution in [0.5, 0.6) is 0 Å². The molecule has 0 bridgehead atoms. The van der Waals surface area contributed by atoms with Gasteiger partial charge in [0.05, 0.1) is 24.7 Å². The zero-order valence-corrected chi connectivity index (χ0v) is 17.6. The fraction of sp³-hybridized carbons (Fsp3) is 0.318. The number of benzene rings is 2. The summed E-state index contributed by atoms with van der Waals surface area (Å²) in [7, 11) is 1.43. The molecule has 1 unspecified atom stereocenters. The van der Waals surface area contributed by atoms with Crippen molar-refractivity contribution in [3.63, 3.8) is 0 Å². The van der Waals surface area contributed by atoms with Crippen LogP contribution in [0, 0.1) is 0 Å². The zero-order chi connectivity index (χ0) is 20.9. The Kier molecular flexibility index (Phi) is 6.42. The Labute approximate surface area is 180 Å². The maximum Gasteiger partial charge on any atom is 0.327 e. The van der Waals surface area contributed by atoms with Gasteiger partial charge in [0.15, 0.2) is 0 Å². The standard InChI is InChI=1S/C22H24ClN5O2/c1-30-22(29)21(17-7-9-18(23)10-8-17)27-13-11-26(12-14-27)16-19-15-24-28(25-19)20-5-3-2-4-6-20/h2-10,15,21H,11-14,16H2,1H3. The number of esters is 1. The molecule has 0 saturated carbocycles. The number of carbonyl (C=O) groups is 1. The third kappa shape index (κ3) is 4.70. The maximum absolute atomic E-state index is 12.5. The van der Waals surface area contributed by atoms with E-state index in [1.165, 1.54) is 7.11 Å². The number of methoxy groups -OCH3 is 1. The number of rotatable bonds is 6. The van der Waals surface area contributed by atoms with Gasteiger partial charge in [-0.15, -0.1) is 0 Å². The van der Waals surface area contributed by atoms with Gasteiger partial charge < -0.3 is 4.74 Å². The first-order valence-corrected chi connectivity index (χ1v) is 10.3. The van der Waals surface area contributed by atoms with E-state index < -0.39 is 6.04 Å². The number of aromatic nitrogens is 3. The molecule has 1 saturated heterocycles. The molecule has 2 aromatic carbocycles. The lowest BCUT2D eigenvalue weighted by Gasteiger charge is -2.38. The lowest BCUT2D eigenvalue weighted by atomic mass is 10.0. The summed E-state index contributed by atoms with van der Waals surface area (Å²) < 4.78 is 5.07. The molecule has 0 spiro atoms. The van der Waals surface area contributed by atoms with E-state index in [9.17, 15) is 4.79 Å². The Morgan fingerprint density at radius 3 is 2.43 bits per heavy atom. The summed E-state index contributed by atoms with van der Waals surface area (Å²) in [5.74, 6) is -0.253. The number of carbonyl (C=O) groups excluding carboxylic acids is 1. The number of para-hydroxylation sites is 1. The lowest BCUT2D eigenvalue weighted by molar-refractivity contribution is -0.148. The molecule has 0 radical (unpaired) electrons. The molecule has 1 aliphatic heterocycles. The molecule has 7 nitrogen and oxygen atoms in total. The molecule has 1 fully saturated rings. The van der Waals surface area contributed by atoms with E-state index in [4.69, 9.17) is 16.3 Å². The van der Waals surface area contributed by atoms with Crippen molar-refractivity contribution in [1.82, 2.24) is 24.8 Å². The molecule has 1 aliphatic rings. The Morgan fingerprint density at radius 2 is 1.77 bits per heavy atom. The molecule has 4 rings (SSSR count). The SMILES string of the molecule is COC(=O)C(c1ccc(Cl)cc1)N1CCN(Cc2cnn(-c3ccccc3)n2)CC1. The summed E-state index contributed by atoms with van der Waals surface area (Å²) in [5, 5.41) is 9.61. The van der Waals surface area contributed by atoms with Gasteiger partial charge in [0.1, 0.15) is 6.04 Å². The van der Waals surface area contributed by atoms with Gasteiger partial charge in [-0.3, -0.25) is 9.80 Å². The van der Waals surface area contributed by atoms with E-state index in [1.807, 2.05) is 48.7 Å². The molecule has 30 heavy (non-hydrogen) atoms. The van der Waals surface area contributed by atoms with Crippen molar-refractivity contribution in [3.05, 3.63) is 77.1 Å². The highest BCUT2D eigenvalue weighted by molar-refractivity contribution is 6.30. The van der Waals surface area contributed by atoms with Crippen LogP contribution in [0.15, 0.2) is 60.8 Å². The number of ether oxygens (including phenoxy) is 1. The van der Waals surface area contributed by atoms with Gasteiger partial charge >= 0.3 is 5.97 Å². The molecule has 0 amide bonds. The topological polar surface area (TPSA) is 63.5 Å². The lowest BCUT2D eigenvalue weighted by Crippen LogP contribution is -2.49. The molecular weight excluding hydrogens is 402 g/mol. The number of hydrogen-bond donors (Lipinski definition) is 0. The van der Waals surface area contributed by atoms with Crippen LogP contribution in [0.25, 0.3) is 5.69 Å². The quantitative estimate of drug-likeness (QED) is 0.566. The Morgan fingerprint density at radius 1 is 1.07 bits per heavy atom. The van der Waals surface area contributed by atoms with Gasteiger partial charge in [-0.25, -0.2) is 4.79 Å². The van der Waals surface area contributed by atoms with E-state index in [0.29, 0.717) is 5.02 Å². The Hall–Kier alpha value is -2.74. The van der Waals surface area contributed by atoms with Crippen LogP contribution in [0.2, 0.25) is 5.02 Å². The number of piperazine rings is 1. The van der Waals surface area contributed by atoms with Crippen molar-refractivity contribution in [2.75, 3.05) is 33.3 Å². The van der Waals surface area contributed by atoms with E-state index >= 15 is 0 Å². The van der Waals surface area contributed by atoms with Crippen LogP contribution in [0.4, 0.5) is 0 Å². The minimum Gasteiger partial charge on any atom is -0.468 e. The van der Waals surface area contributed by atoms with E-state index in [0.717, 1.165) is 49.7 Å². The van der Waals surface area contributed by atoms with Crippen molar-refractivity contribution in [2.45, 2.75) is 12.6 Å². The molecule has 156 valence electrons. The maximum atomic E-state index is 12.5. The number of hydrogen-bond acceptors (Lipinski definition) is 6. The van der Waals surface area contributed by atoms with Gasteiger partial charge in [0.25, 0.3) is 0 Å². The van der Waals surface area contributed by atoms with Crippen LogP contribution in [0.1, 0.15) is 17.3 Å². The Balaban J connectivity index is 1.38. The van der Waals surface area contributed by atoms with Gasteiger partial charge in [0, 0.05) is 37.7 Å². The molecule has 1 aromatic heterocycles. The highest BCUT2D eigenvalue weighted by Gasteiger charge is 2.31. The minimum atomic E-state index is -0.423. The highest BCUT2D eigenvalue weighted by atomic mass is 35.5. The number of halogens is 1. The normalized spacial score (nSPS) is 16.3. The predicted octanol–water partition coefficient (Wildman–Crippen LogP) is 2.95. The highest BCUT2D eigenvalue weighted by Crippen LogP contribution is 2.25. The molecule has 3 aromatic rings. The molecule has 8 heteroatoms. The fourth-order valence-corrected chi connectivity index (χ4v) is 3.84. The van der Waals surface area contributed by atoms with E-state index in [1.54, 1.807) is 16.9 Å². The third-order valence-corrected chi connectivity index (χ3v) is 5.55. The molecule has 0 N–H and O–H groups in total. The second kappa shape index (κ2) is 9.38. The predicted molar refractivity (Wildman–Crippen MR) is 114 cm³/mol. The molecule has 1 atom stereocenters. The van der Waals surface area contributed by atoms with Crippen LogP contribution >= 0.6 is 11.6 Å². The minimum absolute atomic E-state index is 0.253.